The Morgan fingerprint density at radius 2 is 1.20 bits per heavy atom. The molecule has 0 atom stereocenters. The van der Waals surface area contributed by atoms with E-state index in [1.54, 1.807) is 0 Å². The van der Waals surface area contributed by atoms with Crippen molar-refractivity contribution in [3.8, 4) is 0 Å². The highest BCUT2D eigenvalue weighted by Gasteiger charge is 2.21. The number of ether oxygens (including phenoxy) is 1. The van der Waals surface area contributed by atoms with Crippen LogP contribution in [-0.2, 0) is 9.53 Å². The van der Waals surface area contributed by atoms with Crippen molar-refractivity contribution in [2.45, 2.75) is 82.8 Å². The summed E-state index contributed by atoms with van der Waals surface area (Å²) >= 11 is 0. The van der Waals surface area contributed by atoms with Crippen molar-refractivity contribution < 1.29 is 9.53 Å². The number of unbranched alkanes of at least 4 members (excludes halogenated alkanes) is 10. The summed E-state index contributed by atoms with van der Waals surface area (Å²) in [5.74, 6) is -0.433. The highest BCUT2D eigenvalue weighted by molar-refractivity contribution is 5.81. The molecule has 0 rings (SSSR count). The lowest BCUT2D eigenvalue weighted by Gasteiger charge is -2.33. The normalized spacial score (nSPS) is 11.5. The molecule has 0 saturated carbocycles. The van der Waals surface area contributed by atoms with Crippen LogP contribution in [-0.4, -0.2) is 39.5 Å². The fraction of sp³-hybridized carbons (Fsp3) is 0.850. The van der Waals surface area contributed by atoms with Gasteiger partial charge in [0.15, 0.2) is 0 Å². The lowest BCUT2D eigenvalue weighted by Crippen LogP contribution is -2.63. The van der Waals surface area contributed by atoms with E-state index in [2.05, 4.69) is 22.5 Å². The van der Waals surface area contributed by atoms with E-state index >= 15 is 0 Å². The first-order valence-corrected chi connectivity index (χ1v) is 10.00. The number of rotatable bonds is 18. The smallest absolute Gasteiger partial charge is 0.330 e. The number of nitrogens with one attached hydrogen (secondary N) is 3. The molecule has 0 aromatic carbocycles. The highest BCUT2D eigenvalue weighted by atomic mass is 16.5. The minimum atomic E-state index is -0.312. The third-order valence-corrected chi connectivity index (χ3v) is 4.89. The summed E-state index contributed by atoms with van der Waals surface area (Å²) < 4.78 is 4.96. The summed E-state index contributed by atoms with van der Waals surface area (Å²) in [4.78, 5) is 10.9. The van der Waals surface area contributed by atoms with Gasteiger partial charge in [0.1, 0.15) is 5.79 Å². The van der Waals surface area contributed by atoms with Crippen LogP contribution in [0.5, 0.6) is 0 Å². The van der Waals surface area contributed by atoms with Gasteiger partial charge in [-0.25, -0.2) is 4.79 Å². The Hall–Kier alpha value is -0.910. The van der Waals surface area contributed by atoms with E-state index in [0.29, 0.717) is 6.61 Å². The lowest BCUT2D eigenvalue weighted by molar-refractivity contribution is -0.137. The molecule has 0 radical (unpaired) electrons. The van der Waals surface area contributed by atoms with Gasteiger partial charge in [-0.15, -0.1) is 0 Å². The first-order valence-electron chi connectivity index (χ1n) is 10.00. The molecule has 3 N–H and O–H groups in total. The maximum Gasteiger partial charge on any atom is 0.330 e. The molecule has 0 saturated heterocycles. The summed E-state index contributed by atoms with van der Waals surface area (Å²) in [6.07, 6.45) is 16.2. The van der Waals surface area contributed by atoms with Crippen LogP contribution >= 0.6 is 0 Å². The van der Waals surface area contributed by atoms with Gasteiger partial charge < -0.3 is 4.74 Å². The van der Waals surface area contributed by atoms with Crippen molar-refractivity contribution in [1.82, 2.24) is 16.0 Å². The van der Waals surface area contributed by atoms with Gasteiger partial charge >= 0.3 is 5.97 Å². The number of carbonyl (C=O) groups excluding carboxylic acids is 1. The van der Waals surface area contributed by atoms with E-state index in [4.69, 9.17) is 4.74 Å². The molecular weight excluding hydrogens is 314 g/mol. The standard InChI is InChI=1S/C20H41N3O2/c1-5-19(24)25-18-16-14-12-10-8-6-7-9-11-13-15-17-20(21-2,22-3)23-4/h5,21-23H,1,6-18H2,2-4H3. The Kier molecular flexibility index (Phi) is 16.0. The fourth-order valence-electron chi connectivity index (χ4n) is 3.06. The Labute approximate surface area is 155 Å². The summed E-state index contributed by atoms with van der Waals surface area (Å²) in [5, 5.41) is 9.95. The van der Waals surface area contributed by atoms with Crippen LogP contribution < -0.4 is 16.0 Å². The molecule has 0 aliphatic carbocycles. The molecule has 0 amide bonds. The van der Waals surface area contributed by atoms with E-state index < -0.39 is 0 Å². The Morgan fingerprint density at radius 3 is 1.60 bits per heavy atom. The Bertz CT molecular complexity index is 323. The van der Waals surface area contributed by atoms with Crippen LogP contribution in [0, 0.1) is 0 Å². The van der Waals surface area contributed by atoms with Crippen molar-refractivity contribution in [3.63, 3.8) is 0 Å². The van der Waals surface area contributed by atoms with Crippen LogP contribution in [0.1, 0.15) is 77.0 Å². The highest BCUT2D eigenvalue weighted by Crippen LogP contribution is 2.14. The molecular formula is C20H41N3O2. The number of esters is 1. The molecule has 0 aliphatic heterocycles. The van der Waals surface area contributed by atoms with Crippen LogP contribution in [0.4, 0.5) is 0 Å². The molecule has 25 heavy (non-hydrogen) atoms. The predicted octanol–water partition coefficient (Wildman–Crippen LogP) is 3.71. The molecule has 0 spiro atoms. The van der Waals surface area contributed by atoms with Gasteiger partial charge in [0.2, 0.25) is 0 Å². The average molecular weight is 356 g/mol. The number of carbonyl (C=O) groups is 1. The second-order valence-electron chi connectivity index (χ2n) is 6.67. The van der Waals surface area contributed by atoms with E-state index in [-0.39, 0.29) is 11.8 Å². The first-order chi connectivity index (χ1) is 12.1. The molecule has 5 heteroatoms. The van der Waals surface area contributed by atoms with Gasteiger partial charge in [-0.2, -0.15) is 0 Å². The zero-order valence-electron chi connectivity index (χ0n) is 16.8. The number of hydrogen-bond donors (Lipinski definition) is 3. The average Bonchev–Trinajstić information content (AvgIpc) is 2.65. The van der Waals surface area contributed by atoms with Crippen molar-refractivity contribution in [1.29, 1.82) is 0 Å². The van der Waals surface area contributed by atoms with Crippen molar-refractivity contribution in [3.05, 3.63) is 12.7 Å². The molecule has 0 aromatic heterocycles. The Morgan fingerprint density at radius 1 is 0.800 bits per heavy atom. The molecule has 148 valence electrons. The lowest BCUT2D eigenvalue weighted by atomic mass is 10.0. The third-order valence-electron chi connectivity index (χ3n) is 4.89. The molecule has 0 aromatic rings. The van der Waals surface area contributed by atoms with Crippen LogP contribution in [0.15, 0.2) is 12.7 Å². The largest absolute Gasteiger partial charge is 0.463 e. The zero-order chi connectivity index (χ0) is 18.8. The van der Waals surface area contributed by atoms with Gasteiger partial charge in [0.05, 0.1) is 6.61 Å². The monoisotopic (exact) mass is 355 g/mol. The molecule has 0 fully saturated rings. The first kappa shape index (κ1) is 24.1. The zero-order valence-corrected chi connectivity index (χ0v) is 16.8. The minimum Gasteiger partial charge on any atom is -0.463 e. The quantitative estimate of drug-likeness (QED) is 0.151. The second kappa shape index (κ2) is 16.6. The summed E-state index contributed by atoms with van der Waals surface area (Å²) in [5.41, 5.74) is 0. The van der Waals surface area contributed by atoms with E-state index in [1.165, 1.54) is 63.9 Å². The summed E-state index contributed by atoms with van der Waals surface area (Å²) in [6.45, 7) is 3.91. The van der Waals surface area contributed by atoms with Gasteiger partial charge in [0, 0.05) is 6.08 Å². The second-order valence-corrected chi connectivity index (χ2v) is 6.67. The Balaban J connectivity index is 3.29. The maximum absolute atomic E-state index is 10.9. The molecule has 5 nitrogen and oxygen atoms in total. The van der Waals surface area contributed by atoms with Gasteiger partial charge in [-0.05, 0) is 40.4 Å². The maximum atomic E-state index is 10.9. The van der Waals surface area contributed by atoms with Gasteiger partial charge in [-0.3, -0.25) is 16.0 Å². The summed E-state index contributed by atoms with van der Waals surface area (Å²) in [7, 11) is 5.96. The number of hydrogen-bond acceptors (Lipinski definition) is 5. The fourth-order valence-corrected chi connectivity index (χ4v) is 3.06. The van der Waals surface area contributed by atoms with Crippen molar-refractivity contribution >= 4 is 5.97 Å². The summed E-state index contributed by atoms with van der Waals surface area (Å²) in [6, 6.07) is 0. The SMILES string of the molecule is C=CC(=O)OCCCCCCCCCCCCCC(NC)(NC)NC. The van der Waals surface area contributed by atoms with Gasteiger partial charge in [-0.1, -0.05) is 64.4 Å². The van der Waals surface area contributed by atoms with Crippen molar-refractivity contribution in [2.75, 3.05) is 27.7 Å². The third kappa shape index (κ3) is 13.0. The van der Waals surface area contributed by atoms with E-state index in [9.17, 15) is 4.79 Å². The van der Waals surface area contributed by atoms with Crippen LogP contribution in [0.25, 0.3) is 0 Å². The van der Waals surface area contributed by atoms with E-state index in [1.807, 2.05) is 21.1 Å². The van der Waals surface area contributed by atoms with Crippen LogP contribution in [0.2, 0.25) is 0 Å². The molecule has 0 heterocycles. The topological polar surface area (TPSA) is 62.4 Å². The predicted molar refractivity (Wildman–Crippen MR) is 106 cm³/mol. The minimum absolute atomic E-state index is 0.121. The van der Waals surface area contributed by atoms with Crippen LogP contribution in [0.3, 0.4) is 0 Å². The van der Waals surface area contributed by atoms with Gasteiger partial charge in [0.25, 0.3) is 0 Å². The molecule has 0 unspecified atom stereocenters. The molecule has 0 aliphatic rings. The van der Waals surface area contributed by atoms with E-state index in [0.717, 1.165) is 19.3 Å². The molecule has 0 bridgehead atoms. The van der Waals surface area contributed by atoms with Crippen molar-refractivity contribution in [2.24, 2.45) is 0 Å².